The summed E-state index contributed by atoms with van der Waals surface area (Å²) in [4.78, 5) is 13.0. The summed E-state index contributed by atoms with van der Waals surface area (Å²) in [7, 11) is 0. The topological polar surface area (TPSA) is 66.8 Å². The Bertz CT molecular complexity index is 639. The molecule has 2 heterocycles. The molecule has 4 aliphatic carbocycles. The molecule has 4 heteroatoms. The number of fused-ring (bicyclic) bond motifs is 15. The van der Waals surface area contributed by atoms with Crippen LogP contribution in [0.15, 0.2) is 24.3 Å². The van der Waals surface area contributed by atoms with Gasteiger partial charge in [-0.2, -0.15) is 0 Å². The molecular formula is C17H18O4. The summed E-state index contributed by atoms with van der Waals surface area (Å²) in [6.07, 6.45) is 10.4. The molecule has 0 spiro atoms. The summed E-state index contributed by atoms with van der Waals surface area (Å²) in [6.45, 7) is 0. The molecule has 0 radical (unpaired) electrons. The van der Waals surface area contributed by atoms with Crippen LogP contribution in [0.1, 0.15) is 12.8 Å². The molecule has 6 rings (SSSR count). The van der Waals surface area contributed by atoms with Gasteiger partial charge < -0.3 is 14.9 Å². The van der Waals surface area contributed by atoms with Crippen molar-refractivity contribution < 1.29 is 19.7 Å². The zero-order valence-corrected chi connectivity index (χ0v) is 11.6. The average Bonchev–Trinajstić information content (AvgIpc) is 3.22. The lowest BCUT2D eigenvalue weighted by molar-refractivity contribution is -0.337. The monoisotopic (exact) mass is 286 g/mol. The Morgan fingerprint density at radius 2 is 1.48 bits per heavy atom. The van der Waals surface area contributed by atoms with Crippen LogP contribution in [0.2, 0.25) is 0 Å². The van der Waals surface area contributed by atoms with Gasteiger partial charge in [0.25, 0.3) is 0 Å². The minimum Gasteiger partial charge on any atom is -0.365 e. The maximum Gasteiger partial charge on any atom is 0.233 e. The summed E-state index contributed by atoms with van der Waals surface area (Å²) < 4.78 is 5.79. The van der Waals surface area contributed by atoms with Crippen molar-refractivity contribution in [3.8, 4) is 0 Å². The molecule has 2 aliphatic heterocycles. The van der Waals surface area contributed by atoms with Crippen LogP contribution in [-0.4, -0.2) is 27.6 Å². The molecule has 0 unspecified atom stereocenters. The van der Waals surface area contributed by atoms with Gasteiger partial charge in [0.1, 0.15) is 0 Å². The van der Waals surface area contributed by atoms with E-state index >= 15 is 0 Å². The summed E-state index contributed by atoms with van der Waals surface area (Å²) in [5.74, 6) is -3.23. The normalized spacial score (nSPS) is 68.0. The Morgan fingerprint density at radius 3 is 2.24 bits per heavy atom. The fourth-order valence-electron chi connectivity index (χ4n) is 6.79. The predicted molar refractivity (Wildman–Crippen MR) is 71.4 cm³/mol. The van der Waals surface area contributed by atoms with Crippen LogP contribution in [0, 0.1) is 47.3 Å². The van der Waals surface area contributed by atoms with Gasteiger partial charge in [0.2, 0.25) is 5.79 Å². The minimum atomic E-state index is -1.76. The summed E-state index contributed by atoms with van der Waals surface area (Å²) >= 11 is 0. The quantitative estimate of drug-likeness (QED) is 0.648. The number of allylic oxidation sites excluding steroid dienone is 4. The molecule has 4 nitrogen and oxygen atoms in total. The first kappa shape index (κ1) is 11.6. The van der Waals surface area contributed by atoms with Gasteiger partial charge in [0.15, 0.2) is 11.6 Å². The molecule has 10 atom stereocenters. The average molecular weight is 286 g/mol. The van der Waals surface area contributed by atoms with E-state index in [1.165, 1.54) is 0 Å². The zero-order valence-electron chi connectivity index (χ0n) is 11.6. The number of ketones is 1. The first-order valence-corrected chi connectivity index (χ1v) is 8.10. The molecule has 110 valence electrons. The van der Waals surface area contributed by atoms with E-state index in [0.29, 0.717) is 0 Å². The fourth-order valence-corrected chi connectivity index (χ4v) is 6.79. The number of carbonyl (C=O) groups is 1. The van der Waals surface area contributed by atoms with E-state index in [1.807, 2.05) is 0 Å². The lowest BCUT2D eigenvalue weighted by Gasteiger charge is -2.46. The van der Waals surface area contributed by atoms with Crippen molar-refractivity contribution in [2.45, 2.75) is 24.4 Å². The Kier molecular flexibility index (Phi) is 1.68. The second-order valence-corrected chi connectivity index (χ2v) is 7.91. The van der Waals surface area contributed by atoms with Gasteiger partial charge in [0.05, 0.1) is 0 Å². The highest BCUT2D eigenvalue weighted by molar-refractivity contribution is 5.91. The van der Waals surface area contributed by atoms with Crippen LogP contribution in [0.5, 0.6) is 0 Å². The Morgan fingerprint density at radius 1 is 0.905 bits per heavy atom. The van der Waals surface area contributed by atoms with Crippen LogP contribution in [0.4, 0.5) is 0 Å². The molecule has 6 bridgehead atoms. The highest BCUT2D eigenvalue weighted by Gasteiger charge is 2.80. The maximum absolute atomic E-state index is 13.0. The van der Waals surface area contributed by atoms with E-state index < -0.39 is 11.6 Å². The standard InChI is InChI=1S/C17H18O4/c18-15-11-7-1-2-8(5-7)12(11)16(19)13-9-3-4-10(6-9)14(13)17(15,20)21-16/h1-4,7-14,19-20H,5-6H2/t7-,8+,9-,10+,11-,12+,13-,14+,16+,17+/m1/s1. The molecule has 4 fully saturated rings. The number of carbonyl (C=O) groups excluding carboxylic acids is 1. The lowest BCUT2D eigenvalue weighted by atomic mass is 9.70. The van der Waals surface area contributed by atoms with Crippen molar-refractivity contribution in [1.82, 2.24) is 0 Å². The smallest absolute Gasteiger partial charge is 0.233 e. The van der Waals surface area contributed by atoms with Gasteiger partial charge in [-0.3, -0.25) is 4.79 Å². The molecule has 0 aromatic heterocycles. The molecule has 21 heavy (non-hydrogen) atoms. The van der Waals surface area contributed by atoms with Crippen molar-refractivity contribution in [3.05, 3.63) is 24.3 Å². The van der Waals surface area contributed by atoms with E-state index in [0.717, 1.165) is 12.8 Å². The van der Waals surface area contributed by atoms with Crippen molar-refractivity contribution in [3.63, 3.8) is 0 Å². The van der Waals surface area contributed by atoms with Crippen LogP contribution in [0.25, 0.3) is 0 Å². The number of Topliss-reactive ketones (excluding diaryl/α,β-unsaturated/α-hetero) is 1. The third-order valence-electron chi connectivity index (χ3n) is 7.30. The van der Waals surface area contributed by atoms with Crippen LogP contribution >= 0.6 is 0 Å². The van der Waals surface area contributed by atoms with Crippen LogP contribution in [0.3, 0.4) is 0 Å². The van der Waals surface area contributed by atoms with Gasteiger partial charge in [-0.15, -0.1) is 0 Å². The SMILES string of the molecule is O=C1[C@H]2[C@H]([C@H]3C=C[C@@H]2C3)[C@]2(O)O[C@@]1(O)[C@@H]1[C@H]2[C@@H]2C=C[C@H]1C2. The highest BCUT2D eigenvalue weighted by atomic mass is 16.7. The Labute approximate surface area is 122 Å². The van der Waals surface area contributed by atoms with Crippen molar-refractivity contribution in [1.29, 1.82) is 0 Å². The van der Waals surface area contributed by atoms with Gasteiger partial charge in [-0.1, -0.05) is 24.3 Å². The number of ether oxygens (including phenoxy) is 1. The van der Waals surface area contributed by atoms with Crippen LogP contribution < -0.4 is 0 Å². The maximum atomic E-state index is 13.0. The second-order valence-electron chi connectivity index (χ2n) is 7.91. The number of hydrogen-bond donors (Lipinski definition) is 2. The van der Waals surface area contributed by atoms with E-state index in [9.17, 15) is 15.0 Å². The molecule has 2 saturated heterocycles. The second kappa shape index (κ2) is 3.05. The molecular weight excluding hydrogens is 268 g/mol. The van der Waals surface area contributed by atoms with E-state index in [1.54, 1.807) is 0 Å². The molecule has 6 aliphatic rings. The fraction of sp³-hybridized carbons (Fsp3) is 0.706. The summed E-state index contributed by atoms with van der Waals surface area (Å²) in [5, 5.41) is 22.4. The van der Waals surface area contributed by atoms with Gasteiger partial charge in [-0.25, -0.2) is 0 Å². The van der Waals surface area contributed by atoms with Crippen molar-refractivity contribution in [2.24, 2.45) is 47.3 Å². The third kappa shape index (κ3) is 0.980. The highest BCUT2D eigenvalue weighted by Crippen LogP contribution is 2.71. The van der Waals surface area contributed by atoms with Gasteiger partial charge in [0, 0.05) is 23.7 Å². The third-order valence-corrected chi connectivity index (χ3v) is 7.30. The Hall–Kier alpha value is -0.970. The largest absolute Gasteiger partial charge is 0.365 e. The van der Waals surface area contributed by atoms with Crippen molar-refractivity contribution in [2.75, 3.05) is 0 Å². The predicted octanol–water partition coefficient (Wildman–Crippen LogP) is 0.853. The summed E-state index contributed by atoms with van der Waals surface area (Å²) in [6, 6.07) is 0. The molecule has 0 aromatic rings. The number of aliphatic hydroxyl groups is 2. The van der Waals surface area contributed by atoms with Crippen LogP contribution in [-0.2, 0) is 9.53 Å². The molecule has 0 amide bonds. The lowest BCUT2D eigenvalue weighted by Crippen LogP contribution is -2.60. The zero-order chi connectivity index (χ0) is 14.1. The number of hydrogen-bond acceptors (Lipinski definition) is 4. The van der Waals surface area contributed by atoms with Gasteiger partial charge in [-0.05, 0) is 36.5 Å². The van der Waals surface area contributed by atoms with Crippen molar-refractivity contribution >= 4 is 5.78 Å². The minimum absolute atomic E-state index is 0.121. The Balaban J connectivity index is 1.60. The van der Waals surface area contributed by atoms with E-state index in [2.05, 4.69) is 24.3 Å². The molecule has 0 aromatic carbocycles. The summed E-state index contributed by atoms with van der Waals surface area (Å²) in [5.41, 5.74) is 0. The number of rotatable bonds is 0. The van der Waals surface area contributed by atoms with Gasteiger partial charge >= 0.3 is 0 Å². The molecule has 2 saturated carbocycles. The first-order chi connectivity index (χ1) is 10.0. The first-order valence-electron chi connectivity index (χ1n) is 8.10. The van der Waals surface area contributed by atoms with E-state index in [4.69, 9.17) is 4.74 Å². The molecule has 2 N–H and O–H groups in total. The van der Waals surface area contributed by atoms with E-state index in [-0.39, 0.29) is 53.1 Å².